The zero-order valence-corrected chi connectivity index (χ0v) is 18.6. The summed E-state index contributed by atoms with van der Waals surface area (Å²) in [5.74, 6) is 0.741. The number of thiophene rings is 1. The number of aromatic nitrogens is 4. The number of aryl methyl sites for hydroxylation is 1. The molecular formula is C23H17ClN4O3S. The van der Waals surface area contributed by atoms with Crippen LogP contribution >= 0.6 is 22.9 Å². The van der Waals surface area contributed by atoms with Crippen LogP contribution in [0.3, 0.4) is 0 Å². The molecule has 0 unspecified atom stereocenters. The molecule has 0 saturated carbocycles. The Labute approximate surface area is 191 Å². The molecule has 0 saturated heterocycles. The minimum Gasteiger partial charge on any atom is -0.337 e. The molecule has 0 spiro atoms. The molecule has 160 valence electrons. The van der Waals surface area contributed by atoms with Crippen molar-refractivity contribution in [1.29, 1.82) is 0 Å². The molecule has 0 aliphatic carbocycles. The average molecular weight is 465 g/mol. The van der Waals surface area contributed by atoms with Crippen LogP contribution in [0.1, 0.15) is 17.0 Å². The number of nitrogens with zero attached hydrogens (tertiary/aromatic N) is 4. The van der Waals surface area contributed by atoms with Gasteiger partial charge in [0.15, 0.2) is 0 Å². The second-order valence-corrected chi connectivity index (χ2v) is 8.70. The Morgan fingerprint density at radius 2 is 1.88 bits per heavy atom. The number of halogens is 1. The molecule has 32 heavy (non-hydrogen) atoms. The van der Waals surface area contributed by atoms with E-state index in [0.29, 0.717) is 21.1 Å². The van der Waals surface area contributed by atoms with Crippen LogP contribution in [0.15, 0.2) is 74.1 Å². The van der Waals surface area contributed by atoms with Crippen LogP contribution in [-0.2, 0) is 13.1 Å². The van der Waals surface area contributed by atoms with E-state index in [-0.39, 0.29) is 24.5 Å². The largest absolute Gasteiger partial charge is 0.337 e. The lowest BCUT2D eigenvalue weighted by atomic mass is 10.1. The maximum absolute atomic E-state index is 13.3. The van der Waals surface area contributed by atoms with E-state index in [1.807, 2.05) is 37.3 Å². The first-order valence-corrected chi connectivity index (χ1v) is 11.1. The van der Waals surface area contributed by atoms with E-state index in [0.717, 1.165) is 16.7 Å². The zero-order valence-electron chi connectivity index (χ0n) is 17.0. The highest BCUT2D eigenvalue weighted by molar-refractivity contribution is 7.17. The van der Waals surface area contributed by atoms with E-state index < -0.39 is 5.69 Å². The lowest BCUT2D eigenvalue weighted by Crippen LogP contribution is -2.40. The molecule has 7 nitrogen and oxygen atoms in total. The van der Waals surface area contributed by atoms with Crippen LogP contribution in [0, 0.1) is 6.92 Å². The molecule has 0 aliphatic heterocycles. The van der Waals surface area contributed by atoms with Crippen LogP contribution in [0.2, 0.25) is 5.02 Å². The first-order valence-electron chi connectivity index (χ1n) is 9.85. The Morgan fingerprint density at radius 1 is 1.03 bits per heavy atom. The quantitative estimate of drug-likeness (QED) is 0.386. The maximum atomic E-state index is 13.3. The first-order chi connectivity index (χ1) is 15.5. The molecule has 0 radical (unpaired) electrons. The van der Waals surface area contributed by atoms with Gasteiger partial charge in [-0.05, 0) is 41.6 Å². The third-order valence-electron chi connectivity index (χ3n) is 5.21. The topological polar surface area (TPSA) is 82.9 Å². The fourth-order valence-electron chi connectivity index (χ4n) is 3.63. The number of hydrogen-bond donors (Lipinski definition) is 0. The summed E-state index contributed by atoms with van der Waals surface area (Å²) in [4.78, 5) is 30.8. The molecule has 0 aliphatic rings. The van der Waals surface area contributed by atoms with Crippen molar-refractivity contribution in [1.82, 2.24) is 19.3 Å². The number of hydrogen-bond acceptors (Lipinski definition) is 6. The molecule has 5 rings (SSSR count). The summed E-state index contributed by atoms with van der Waals surface area (Å²) >= 11 is 7.37. The molecular weight excluding hydrogens is 448 g/mol. The number of benzene rings is 2. The van der Waals surface area contributed by atoms with Gasteiger partial charge in [-0.25, -0.2) is 4.79 Å². The highest BCUT2D eigenvalue weighted by atomic mass is 35.5. The van der Waals surface area contributed by atoms with Crippen molar-refractivity contribution >= 4 is 33.2 Å². The van der Waals surface area contributed by atoms with Crippen LogP contribution in [0.25, 0.3) is 21.6 Å². The Bertz CT molecular complexity index is 1560. The summed E-state index contributed by atoms with van der Waals surface area (Å²) < 4.78 is 8.64. The summed E-state index contributed by atoms with van der Waals surface area (Å²) in [7, 11) is 0. The fourth-order valence-corrected chi connectivity index (χ4v) is 4.69. The fraction of sp³-hybridized carbons (Fsp3) is 0.130. The van der Waals surface area contributed by atoms with E-state index in [1.54, 1.807) is 29.6 Å². The maximum Gasteiger partial charge on any atom is 0.332 e. The second kappa shape index (κ2) is 8.22. The molecule has 3 aromatic heterocycles. The molecule has 0 atom stereocenters. The molecule has 0 amide bonds. The highest BCUT2D eigenvalue weighted by Gasteiger charge is 2.18. The van der Waals surface area contributed by atoms with E-state index in [1.165, 1.54) is 20.5 Å². The van der Waals surface area contributed by atoms with Crippen molar-refractivity contribution in [3.8, 4) is 11.4 Å². The van der Waals surface area contributed by atoms with Crippen molar-refractivity contribution < 1.29 is 4.52 Å². The lowest BCUT2D eigenvalue weighted by Gasteiger charge is -2.11. The normalized spacial score (nSPS) is 11.3. The predicted molar refractivity (Wildman–Crippen MR) is 124 cm³/mol. The van der Waals surface area contributed by atoms with Gasteiger partial charge in [-0.1, -0.05) is 53.2 Å². The average Bonchev–Trinajstić information content (AvgIpc) is 3.44. The summed E-state index contributed by atoms with van der Waals surface area (Å²) in [5.41, 5.74) is 2.41. The molecule has 3 heterocycles. The van der Waals surface area contributed by atoms with Gasteiger partial charge in [-0.3, -0.25) is 13.9 Å². The Balaban J connectivity index is 1.58. The van der Waals surface area contributed by atoms with E-state index in [2.05, 4.69) is 10.1 Å². The summed E-state index contributed by atoms with van der Waals surface area (Å²) in [6.45, 7) is 2.14. The predicted octanol–water partition coefficient (Wildman–Crippen LogP) is 4.33. The van der Waals surface area contributed by atoms with Crippen molar-refractivity contribution in [3.05, 3.63) is 103 Å². The van der Waals surface area contributed by atoms with Gasteiger partial charge in [0.1, 0.15) is 11.2 Å². The molecule has 9 heteroatoms. The zero-order chi connectivity index (χ0) is 22.2. The van der Waals surface area contributed by atoms with Gasteiger partial charge in [-0.2, -0.15) is 4.98 Å². The van der Waals surface area contributed by atoms with Crippen LogP contribution < -0.4 is 11.2 Å². The van der Waals surface area contributed by atoms with Gasteiger partial charge in [-0.15, -0.1) is 11.3 Å². The summed E-state index contributed by atoms with van der Waals surface area (Å²) in [5, 5.41) is 6.41. The van der Waals surface area contributed by atoms with Gasteiger partial charge in [0.2, 0.25) is 11.7 Å². The van der Waals surface area contributed by atoms with Gasteiger partial charge in [0.05, 0.1) is 12.1 Å². The summed E-state index contributed by atoms with van der Waals surface area (Å²) in [6, 6.07) is 16.6. The Kier molecular flexibility index (Phi) is 5.24. The first kappa shape index (κ1) is 20.4. The highest BCUT2D eigenvalue weighted by Crippen LogP contribution is 2.21. The number of fused-ring (bicyclic) bond motifs is 1. The Hall–Kier alpha value is -3.49. The van der Waals surface area contributed by atoms with Crippen molar-refractivity contribution in [3.63, 3.8) is 0 Å². The number of rotatable bonds is 5. The standard InChI is InChI=1S/C23H17ClN4O3S/c1-14-5-2-3-8-17(14)21-25-19(31-26-21)13-27-18-9-10-32-20(18)22(29)28(23(27)30)12-15-6-4-7-16(24)11-15/h2-11H,12-13H2,1H3. The third kappa shape index (κ3) is 3.68. The monoisotopic (exact) mass is 464 g/mol. The Morgan fingerprint density at radius 3 is 2.69 bits per heavy atom. The van der Waals surface area contributed by atoms with Gasteiger partial charge in [0, 0.05) is 10.6 Å². The lowest BCUT2D eigenvalue weighted by molar-refractivity contribution is 0.369. The van der Waals surface area contributed by atoms with E-state index >= 15 is 0 Å². The molecule has 0 N–H and O–H groups in total. The SMILES string of the molecule is Cc1ccccc1-c1noc(Cn2c(=O)n(Cc3cccc(Cl)c3)c(=O)c3sccc32)n1. The summed E-state index contributed by atoms with van der Waals surface area (Å²) in [6.07, 6.45) is 0. The van der Waals surface area contributed by atoms with Crippen LogP contribution in [0.5, 0.6) is 0 Å². The van der Waals surface area contributed by atoms with E-state index in [9.17, 15) is 9.59 Å². The minimum absolute atomic E-state index is 0.0563. The van der Waals surface area contributed by atoms with Crippen LogP contribution in [-0.4, -0.2) is 19.3 Å². The molecule has 0 bridgehead atoms. The minimum atomic E-state index is -0.448. The van der Waals surface area contributed by atoms with Crippen LogP contribution in [0.4, 0.5) is 0 Å². The molecule has 0 fully saturated rings. The van der Waals surface area contributed by atoms with Crippen molar-refractivity contribution in [2.24, 2.45) is 0 Å². The van der Waals surface area contributed by atoms with E-state index in [4.69, 9.17) is 16.1 Å². The van der Waals surface area contributed by atoms with Gasteiger partial charge in [0.25, 0.3) is 5.56 Å². The molecule has 2 aromatic carbocycles. The van der Waals surface area contributed by atoms with Crippen molar-refractivity contribution in [2.75, 3.05) is 0 Å². The van der Waals surface area contributed by atoms with Gasteiger partial charge < -0.3 is 4.52 Å². The molecule has 5 aromatic rings. The smallest absolute Gasteiger partial charge is 0.332 e. The van der Waals surface area contributed by atoms with Crippen molar-refractivity contribution in [2.45, 2.75) is 20.0 Å². The third-order valence-corrected chi connectivity index (χ3v) is 6.34. The second-order valence-electron chi connectivity index (χ2n) is 7.35. The van der Waals surface area contributed by atoms with Gasteiger partial charge >= 0.3 is 5.69 Å².